The van der Waals surface area contributed by atoms with Crippen LogP contribution in [0.2, 0.25) is 19.6 Å². The van der Waals surface area contributed by atoms with Crippen LogP contribution in [0.3, 0.4) is 0 Å². The minimum absolute atomic E-state index is 0.199. The molecule has 82 valence electrons. The van der Waals surface area contributed by atoms with Crippen molar-refractivity contribution in [2.75, 3.05) is 5.75 Å². The highest BCUT2D eigenvalue weighted by Crippen LogP contribution is 2.33. The first-order valence-corrected chi connectivity index (χ1v) is 10.0. The third-order valence-corrected chi connectivity index (χ3v) is 4.67. The minimum Gasteiger partial charge on any atom is -0.197 e. The van der Waals surface area contributed by atoms with Crippen LogP contribution >= 0.6 is 11.8 Å². The fourth-order valence-electron chi connectivity index (χ4n) is 1.54. The maximum absolute atomic E-state index is 8.85. The van der Waals surface area contributed by atoms with Crippen molar-refractivity contribution in [3.05, 3.63) is 0 Å². The standard InChI is InChI=1S/C12H19NSSi/c1-10-7-12(8-13)14-9-11(10)5-6-15(2,3)4/h10-12H,7,9H2,1-4H3/t10?,11-,12?/m0/s1. The van der Waals surface area contributed by atoms with Crippen LogP contribution in [0.4, 0.5) is 0 Å². The molecule has 1 fully saturated rings. The van der Waals surface area contributed by atoms with E-state index in [0.717, 1.165) is 12.2 Å². The zero-order valence-corrected chi connectivity index (χ0v) is 11.8. The zero-order chi connectivity index (χ0) is 11.5. The van der Waals surface area contributed by atoms with Crippen molar-refractivity contribution in [1.29, 1.82) is 5.26 Å². The van der Waals surface area contributed by atoms with Gasteiger partial charge in [0.15, 0.2) is 0 Å². The van der Waals surface area contributed by atoms with Crippen molar-refractivity contribution in [1.82, 2.24) is 0 Å². The van der Waals surface area contributed by atoms with E-state index in [4.69, 9.17) is 5.26 Å². The van der Waals surface area contributed by atoms with Crippen molar-refractivity contribution in [2.24, 2.45) is 11.8 Å². The van der Waals surface area contributed by atoms with Gasteiger partial charge in [-0.2, -0.15) is 5.26 Å². The fourth-order valence-corrected chi connectivity index (χ4v) is 3.52. The molecule has 0 aromatic heterocycles. The van der Waals surface area contributed by atoms with E-state index in [2.05, 4.69) is 44.1 Å². The summed E-state index contributed by atoms with van der Waals surface area (Å²) >= 11 is 1.78. The van der Waals surface area contributed by atoms with Gasteiger partial charge in [-0.25, -0.2) is 0 Å². The van der Waals surface area contributed by atoms with Crippen molar-refractivity contribution >= 4 is 19.8 Å². The normalized spacial score (nSPS) is 31.3. The van der Waals surface area contributed by atoms with Crippen LogP contribution < -0.4 is 0 Å². The Morgan fingerprint density at radius 2 is 2.00 bits per heavy atom. The van der Waals surface area contributed by atoms with E-state index >= 15 is 0 Å². The SMILES string of the molecule is CC1CC(C#N)SC[C@@H]1C#C[Si](C)(C)C. The summed E-state index contributed by atoms with van der Waals surface area (Å²) in [6.07, 6.45) is 1.01. The third-order valence-electron chi connectivity index (χ3n) is 2.53. The summed E-state index contributed by atoms with van der Waals surface area (Å²) in [5.41, 5.74) is 3.45. The summed E-state index contributed by atoms with van der Waals surface area (Å²) in [6, 6.07) is 2.35. The van der Waals surface area contributed by atoms with Gasteiger partial charge in [0.1, 0.15) is 8.07 Å². The molecule has 0 spiro atoms. The molecular formula is C12H19NSSi. The number of nitriles is 1. The maximum Gasteiger partial charge on any atom is 0.129 e. The van der Waals surface area contributed by atoms with Gasteiger partial charge < -0.3 is 0 Å². The van der Waals surface area contributed by atoms with Gasteiger partial charge >= 0.3 is 0 Å². The quantitative estimate of drug-likeness (QED) is 0.477. The Morgan fingerprint density at radius 1 is 1.33 bits per heavy atom. The van der Waals surface area contributed by atoms with Crippen LogP contribution in [0.15, 0.2) is 0 Å². The molecule has 2 unspecified atom stereocenters. The molecule has 1 nitrogen and oxygen atoms in total. The van der Waals surface area contributed by atoms with Gasteiger partial charge in [0, 0.05) is 11.7 Å². The maximum atomic E-state index is 8.85. The van der Waals surface area contributed by atoms with E-state index in [0.29, 0.717) is 11.8 Å². The molecule has 0 radical (unpaired) electrons. The van der Waals surface area contributed by atoms with E-state index in [1.807, 2.05) is 0 Å². The third kappa shape index (κ3) is 4.32. The summed E-state index contributed by atoms with van der Waals surface area (Å²) in [7, 11) is -1.23. The van der Waals surface area contributed by atoms with Crippen molar-refractivity contribution in [3.8, 4) is 17.5 Å². The van der Waals surface area contributed by atoms with Gasteiger partial charge in [-0.3, -0.25) is 0 Å². The Hall–Kier alpha value is -0.383. The van der Waals surface area contributed by atoms with E-state index in [1.165, 1.54) is 0 Å². The molecule has 1 rings (SSSR count). The molecule has 0 aromatic carbocycles. The summed E-state index contributed by atoms with van der Waals surface area (Å²) in [6.45, 7) is 9.06. The number of hydrogen-bond acceptors (Lipinski definition) is 2. The Labute approximate surface area is 98.6 Å². The molecule has 0 N–H and O–H groups in total. The predicted molar refractivity (Wildman–Crippen MR) is 70.3 cm³/mol. The minimum atomic E-state index is -1.23. The summed E-state index contributed by atoms with van der Waals surface area (Å²) in [5.74, 6) is 5.56. The average Bonchev–Trinajstić information content (AvgIpc) is 2.14. The first-order valence-electron chi connectivity index (χ1n) is 5.46. The van der Waals surface area contributed by atoms with E-state index in [-0.39, 0.29) is 5.25 Å². The highest BCUT2D eigenvalue weighted by atomic mass is 32.2. The van der Waals surface area contributed by atoms with Gasteiger partial charge in [-0.1, -0.05) is 26.6 Å². The van der Waals surface area contributed by atoms with Crippen molar-refractivity contribution in [3.63, 3.8) is 0 Å². The lowest BCUT2D eigenvalue weighted by molar-refractivity contribution is 0.440. The van der Waals surface area contributed by atoms with Crippen LogP contribution in [-0.4, -0.2) is 19.1 Å². The molecule has 15 heavy (non-hydrogen) atoms. The first kappa shape index (κ1) is 12.7. The monoisotopic (exact) mass is 237 g/mol. The zero-order valence-electron chi connectivity index (χ0n) is 10.0. The number of hydrogen-bond donors (Lipinski definition) is 0. The van der Waals surface area contributed by atoms with Crippen LogP contribution in [0.5, 0.6) is 0 Å². The number of nitrogens with zero attached hydrogens (tertiary/aromatic N) is 1. The van der Waals surface area contributed by atoms with Gasteiger partial charge in [0.25, 0.3) is 0 Å². The average molecular weight is 237 g/mol. The predicted octanol–water partition coefficient (Wildman–Crippen LogP) is 3.15. The Bertz CT molecular complexity index is 315. The van der Waals surface area contributed by atoms with Crippen LogP contribution in [0.1, 0.15) is 13.3 Å². The lowest BCUT2D eigenvalue weighted by atomic mass is 9.91. The van der Waals surface area contributed by atoms with Gasteiger partial charge in [0.05, 0.1) is 11.3 Å². The molecule has 1 aliphatic heterocycles. The van der Waals surface area contributed by atoms with Crippen LogP contribution in [-0.2, 0) is 0 Å². The van der Waals surface area contributed by atoms with E-state index < -0.39 is 8.07 Å². The number of thioether (sulfide) groups is 1. The lowest BCUT2D eigenvalue weighted by Crippen LogP contribution is -2.25. The van der Waals surface area contributed by atoms with E-state index in [1.54, 1.807) is 11.8 Å². The molecule has 0 bridgehead atoms. The molecule has 1 aliphatic rings. The smallest absolute Gasteiger partial charge is 0.129 e. The second-order valence-corrected chi connectivity index (χ2v) is 11.3. The van der Waals surface area contributed by atoms with Crippen molar-refractivity contribution in [2.45, 2.75) is 38.2 Å². The van der Waals surface area contributed by atoms with Gasteiger partial charge in [0.2, 0.25) is 0 Å². The molecule has 3 atom stereocenters. The van der Waals surface area contributed by atoms with Crippen LogP contribution in [0.25, 0.3) is 0 Å². The molecule has 3 heteroatoms. The second-order valence-electron chi connectivity index (χ2n) is 5.29. The molecule has 1 saturated heterocycles. The molecule has 0 amide bonds. The summed E-state index contributed by atoms with van der Waals surface area (Å²) in [5, 5.41) is 9.05. The van der Waals surface area contributed by atoms with E-state index in [9.17, 15) is 0 Å². The van der Waals surface area contributed by atoms with Crippen molar-refractivity contribution < 1.29 is 0 Å². The first-order chi connectivity index (χ1) is 6.92. The number of rotatable bonds is 0. The summed E-state index contributed by atoms with van der Waals surface area (Å²) < 4.78 is 0. The topological polar surface area (TPSA) is 23.8 Å². The fraction of sp³-hybridized carbons (Fsp3) is 0.750. The molecular weight excluding hydrogens is 218 g/mol. The Kier molecular flexibility index (Phi) is 4.31. The lowest BCUT2D eigenvalue weighted by Gasteiger charge is -2.27. The summed E-state index contributed by atoms with van der Waals surface area (Å²) in [4.78, 5) is 0. The molecule has 1 heterocycles. The highest BCUT2D eigenvalue weighted by molar-refractivity contribution is 8.00. The second kappa shape index (κ2) is 5.10. The van der Waals surface area contributed by atoms with Gasteiger partial charge in [-0.05, 0) is 12.3 Å². The largest absolute Gasteiger partial charge is 0.197 e. The highest BCUT2D eigenvalue weighted by Gasteiger charge is 2.26. The molecule has 0 aliphatic carbocycles. The van der Waals surface area contributed by atoms with Gasteiger partial charge in [-0.15, -0.1) is 23.2 Å². The Morgan fingerprint density at radius 3 is 2.47 bits per heavy atom. The Balaban J connectivity index is 2.59. The van der Waals surface area contributed by atoms with Crippen LogP contribution in [0, 0.1) is 34.6 Å². The molecule has 0 saturated carbocycles. The molecule has 0 aromatic rings.